The second-order valence-electron chi connectivity index (χ2n) is 7.87. The van der Waals surface area contributed by atoms with Crippen molar-refractivity contribution in [1.82, 2.24) is 5.01 Å². The van der Waals surface area contributed by atoms with Crippen molar-refractivity contribution in [3.8, 4) is 5.75 Å². The average molecular weight is 473 g/mol. The zero-order valence-corrected chi connectivity index (χ0v) is 17.3. The lowest BCUT2D eigenvalue weighted by Gasteiger charge is -2.17. The highest BCUT2D eigenvalue weighted by atomic mass is 19.3. The number of anilines is 1. The molecule has 3 aromatic carbocycles. The maximum absolute atomic E-state index is 14.0. The summed E-state index contributed by atoms with van der Waals surface area (Å²) in [5.74, 6) is -5.94. The van der Waals surface area contributed by atoms with Gasteiger partial charge in [-0.15, -0.1) is 0 Å². The zero-order chi connectivity index (χ0) is 24.1. The van der Waals surface area contributed by atoms with E-state index in [1.807, 2.05) is 30.3 Å². The molecule has 2 amide bonds. The molecule has 3 aromatic rings. The number of benzene rings is 3. The molecule has 0 bridgehead atoms. The van der Waals surface area contributed by atoms with Crippen LogP contribution in [0.1, 0.15) is 22.6 Å². The van der Waals surface area contributed by atoms with E-state index in [1.54, 1.807) is 12.1 Å². The number of nitrogens with one attached hydrogen (secondary N) is 1. The minimum atomic E-state index is -4.68. The topological polar surface area (TPSA) is 53.9 Å². The molecular weight excluding hydrogens is 457 g/mol. The van der Waals surface area contributed by atoms with Crippen LogP contribution in [-0.4, -0.2) is 29.4 Å². The second-order valence-corrected chi connectivity index (χ2v) is 7.87. The van der Waals surface area contributed by atoms with Crippen LogP contribution < -0.4 is 10.1 Å². The van der Waals surface area contributed by atoms with E-state index in [-0.39, 0.29) is 18.2 Å². The quantitative estimate of drug-likeness (QED) is 0.479. The fourth-order valence-electron chi connectivity index (χ4n) is 3.95. The summed E-state index contributed by atoms with van der Waals surface area (Å²) in [6.07, 6.45) is -4.68. The number of rotatable bonds is 3. The molecule has 0 aliphatic carbocycles. The Hall–Kier alpha value is -3.95. The highest BCUT2D eigenvalue weighted by Crippen LogP contribution is 2.53. The molecule has 10 heteroatoms. The van der Waals surface area contributed by atoms with Crippen LogP contribution in [0.25, 0.3) is 0 Å². The Morgan fingerprint density at radius 3 is 2.41 bits per heavy atom. The first kappa shape index (κ1) is 21.9. The summed E-state index contributed by atoms with van der Waals surface area (Å²) in [6, 6.07) is 17.1. The minimum Gasteiger partial charge on any atom is -0.427 e. The van der Waals surface area contributed by atoms with Gasteiger partial charge < -0.3 is 10.1 Å². The predicted molar refractivity (Wildman–Crippen MR) is 114 cm³/mol. The summed E-state index contributed by atoms with van der Waals surface area (Å²) in [5, 5.41) is 7.92. The number of halogens is 5. The zero-order valence-electron chi connectivity index (χ0n) is 17.3. The lowest BCUT2D eigenvalue weighted by molar-refractivity contribution is -0.296. The molecule has 174 valence electrons. The molecule has 0 spiro atoms. The molecule has 0 fully saturated rings. The van der Waals surface area contributed by atoms with Crippen molar-refractivity contribution in [3.05, 3.63) is 95.3 Å². The van der Waals surface area contributed by atoms with Gasteiger partial charge in [0.1, 0.15) is 11.6 Å². The third-order valence-corrected chi connectivity index (χ3v) is 5.66. The molecule has 1 atom stereocenters. The van der Waals surface area contributed by atoms with Crippen LogP contribution in [0, 0.1) is 5.82 Å². The van der Waals surface area contributed by atoms with Gasteiger partial charge in [-0.05, 0) is 41.5 Å². The van der Waals surface area contributed by atoms with E-state index in [0.29, 0.717) is 11.3 Å². The van der Waals surface area contributed by atoms with Crippen LogP contribution in [-0.2, 0) is 5.92 Å². The van der Waals surface area contributed by atoms with Gasteiger partial charge in [-0.25, -0.2) is 14.2 Å². The number of carbonyl (C=O) groups is 1. The fourth-order valence-corrected chi connectivity index (χ4v) is 3.95. The number of hydrogen-bond donors (Lipinski definition) is 1. The summed E-state index contributed by atoms with van der Waals surface area (Å²) in [4.78, 5) is 12.9. The molecule has 5 rings (SSSR count). The van der Waals surface area contributed by atoms with Crippen molar-refractivity contribution in [2.75, 3.05) is 11.9 Å². The maximum Gasteiger partial charge on any atom is 0.469 e. The Bertz CT molecular complexity index is 1280. The van der Waals surface area contributed by atoms with Crippen LogP contribution >= 0.6 is 0 Å². The first-order chi connectivity index (χ1) is 16.2. The number of hydrazone groups is 1. The van der Waals surface area contributed by atoms with Gasteiger partial charge >= 0.3 is 18.1 Å². The summed E-state index contributed by atoms with van der Waals surface area (Å²) >= 11 is 0. The maximum atomic E-state index is 14.0. The highest BCUT2D eigenvalue weighted by molar-refractivity contribution is 6.07. The van der Waals surface area contributed by atoms with Crippen molar-refractivity contribution in [2.24, 2.45) is 5.10 Å². The van der Waals surface area contributed by atoms with Gasteiger partial charge in [0, 0.05) is 11.6 Å². The average Bonchev–Trinajstić information content (AvgIpc) is 3.33. The Balaban J connectivity index is 1.42. The van der Waals surface area contributed by atoms with E-state index < -0.39 is 35.2 Å². The lowest BCUT2D eigenvalue weighted by atomic mass is 9.91. The molecule has 1 unspecified atom stereocenters. The van der Waals surface area contributed by atoms with Gasteiger partial charge in [0.15, 0.2) is 0 Å². The number of urea groups is 1. The number of nitrogens with zero attached hydrogens (tertiary/aromatic N) is 2. The first-order valence-corrected chi connectivity index (χ1v) is 10.2. The SMILES string of the molecule is O=C(Nc1ccc2c(c1)C(F)(F)C(F)(F)O2)N1CC(c2ccccc2)C(c2ccc(F)cc2)=N1. The van der Waals surface area contributed by atoms with E-state index in [2.05, 4.69) is 15.2 Å². The van der Waals surface area contributed by atoms with Crippen LogP contribution in [0.2, 0.25) is 0 Å². The van der Waals surface area contributed by atoms with Crippen molar-refractivity contribution in [1.29, 1.82) is 0 Å². The molecule has 1 N–H and O–H groups in total. The molecule has 0 aromatic heterocycles. The van der Waals surface area contributed by atoms with Crippen molar-refractivity contribution in [2.45, 2.75) is 17.9 Å². The van der Waals surface area contributed by atoms with Gasteiger partial charge in [0.25, 0.3) is 0 Å². The van der Waals surface area contributed by atoms with Crippen LogP contribution in [0.5, 0.6) is 5.75 Å². The molecular formula is C24H16F5N3O2. The number of ether oxygens (including phenoxy) is 1. The molecule has 2 aliphatic rings. The first-order valence-electron chi connectivity index (χ1n) is 10.2. The second kappa shape index (κ2) is 7.82. The van der Waals surface area contributed by atoms with E-state index in [0.717, 1.165) is 22.7 Å². The predicted octanol–water partition coefficient (Wildman–Crippen LogP) is 5.94. The largest absolute Gasteiger partial charge is 0.469 e. The molecule has 34 heavy (non-hydrogen) atoms. The third-order valence-electron chi connectivity index (χ3n) is 5.66. The Kier molecular flexibility index (Phi) is 5.03. The van der Waals surface area contributed by atoms with Crippen LogP contribution in [0.15, 0.2) is 77.9 Å². The molecule has 5 nitrogen and oxygen atoms in total. The molecule has 0 saturated heterocycles. The van der Waals surface area contributed by atoms with Crippen LogP contribution in [0.3, 0.4) is 0 Å². The van der Waals surface area contributed by atoms with Gasteiger partial charge in [0.05, 0.1) is 17.8 Å². The lowest BCUT2D eigenvalue weighted by Crippen LogP contribution is -2.37. The number of hydrogen-bond acceptors (Lipinski definition) is 3. The number of amides is 2. The van der Waals surface area contributed by atoms with Crippen molar-refractivity contribution in [3.63, 3.8) is 0 Å². The van der Waals surface area contributed by atoms with Crippen molar-refractivity contribution < 1.29 is 31.5 Å². The Morgan fingerprint density at radius 2 is 1.71 bits per heavy atom. The minimum absolute atomic E-state index is 0.119. The molecule has 2 aliphatic heterocycles. The third kappa shape index (κ3) is 3.64. The van der Waals surface area contributed by atoms with E-state index >= 15 is 0 Å². The number of alkyl halides is 4. The molecule has 0 radical (unpaired) electrons. The van der Waals surface area contributed by atoms with Gasteiger partial charge in [-0.1, -0.05) is 42.5 Å². The van der Waals surface area contributed by atoms with Crippen LogP contribution in [0.4, 0.5) is 32.4 Å². The smallest absolute Gasteiger partial charge is 0.427 e. The molecule has 2 heterocycles. The fraction of sp³-hybridized carbons (Fsp3) is 0.167. The Labute approximate surface area is 190 Å². The van der Waals surface area contributed by atoms with E-state index in [1.165, 1.54) is 18.2 Å². The number of fused-ring (bicyclic) bond motifs is 1. The van der Waals surface area contributed by atoms with Gasteiger partial charge in [0.2, 0.25) is 0 Å². The summed E-state index contributed by atoms with van der Waals surface area (Å²) in [6.45, 7) is 0.130. The summed E-state index contributed by atoms with van der Waals surface area (Å²) in [5.41, 5.74) is 0.871. The van der Waals surface area contributed by atoms with Gasteiger partial charge in [-0.2, -0.15) is 22.7 Å². The van der Waals surface area contributed by atoms with E-state index in [9.17, 15) is 26.7 Å². The monoisotopic (exact) mass is 473 g/mol. The summed E-state index contributed by atoms with van der Waals surface area (Å²) < 4.78 is 72.4. The Morgan fingerprint density at radius 1 is 1.00 bits per heavy atom. The standard InChI is InChI=1S/C24H16F5N3O2/c25-16-8-6-15(7-9-16)21-18(14-4-2-1-3-5-14)13-32(31-21)22(33)30-17-10-11-20-19(12-17)23(26,27)24(28,29)34-20/h1-12,18H,13H2,(H,30,33). The highest BCUT2D eigenvalue weighted by Gasteiger charge is 2.66. The normalized spacial score (nSPS) is 19.9. The summed E-state index contributed by atoms with van der Waals surface area (Å²) in [7, 11) is 0. The van der Waals surface area contributed by atoms with E-state index in [4.69, 9.17) is 0 Å². The van der Waals surface area contributed by atoms with Crippen molar-refractivity contribution >= 4 is 17.4 Å². The van der Waals surface area contributed by atoms with Gasteiger partial charge in [-0.3, -0.25) is 0 Å². The number of carbonyl (C=O) groups excluding carboxylic acids is 1. The molecule has 0 saturated carbocycles.